The van der Waals surface area contributed by atoms with Crippen molar-refractivity contribution >= 4 is 21.9 Å². The zero-order valence-electron chi connectivity index (χ0n) is 10.0. The van der Waals surface area contributed by atoms with Crippen LogP contribution in [0.25, 0.3) is 0 Å². The highest BCUT2D eigenvalue weighted by Crippen LogP contribution is 2.18. The quantitative estimate of drug-likeness (QED) is 0.901. The summed E-state index contributed by atoms with van der Waals surface area (Å²) in [4.78, 5) is 22.5. The monoisotopic (exact) mass is 283 g/mol. The number of carbonyl (C=O) groups excluding carboxylic acids is 2. The molecule has 0 radical (unpaired) electrons. The first kappa shape index (κ1) is 13.5. The number of benzene rings is 1. The van der Waals surface area contributed by atoms with E-state index in [1.807, 2.05) is 4.72 Å². The molecule has 2 rings (SSSR count). The van der Waals surface area contributed by atoms with Crippen LogP contribution in [0.4, 0.5) is 4.79 Å². The van der Waals surface area contributed by atoms with Gasteiger partial charge in [0.25, 0.3) is 10.0 Å². The molecule has 1 aliphatic rings. The summed E-state index contributed by atoms with van der Waals surface area (Å²) < 4.78 is 30.3. The largest absolute Gasteiger partial charge is 0.445 e. The maximum Gasteiger partial charge on any atom is 0.421 e. The minimum Gasteiger partial charge on any atom is -0.445 e. The van der Waals surface area contributed by atoms with Gasteiger partial charge in [0.05, 0.1) is 4.90 Å². The first-order valence-corrected chi connectivity index (χ1v) is 7.26. The molecule has 1 aliphatic carbocycles. The number of ketones is 1. The van der Waals surface area contributed by atoms with Gasteiger partial charge in [-0.1, -0.05) is 18.2 Å². The molecule has 0 spiro atoms. The molecule has 0 saturated heterocycles. The van der Waals surface area contributed by atoms with E-state index in [-0.39, 0.29) is 17.1 Å². The summed E-state index contributed by atoms with van der Waals surface area (Å²) in [7, 11) is -3.92. The molecular weight excluding hydrogens is 270 g/mol. The van der Waals surface area contributed by atoms with Crippen LogP contribution in [0.3, 0.4) is 0 Å². The fourth-order valence-corrected chi connectivity index (χ4v) is 2.73. The van der Waals surface area contributed by atoms with Crippen molar-refractivity contribution in [2.45, 2.75) is 30.3 Å². The first-order chi connectivity index (χ1) is 8.97. The van der Waals surface area contributed by atoms with Crippen LogP contribution in [0.1, 0.15) is 19.3 Å². The van der Waals surface area contributed by atoms with Gasteiger partial charge >= 0.3 is 6.09 Å². The van der Waals surface area contributed by atoms with Crippen LogP contribution in [0.5, 0.6) is 0 Å². The zero-order valence-corrected chi connectivity index (χ0v) is 10.9. The van der Waals surface area contributed by atoms with Crippen LogP contribution < -0.4 is 4.72 Å². The van der Waals surface area contributed by atoms with Crippen molar-refractivity contribution in [1.29, 1.82) is 0 Å². The number of Topliss-reactive ketones (excluding diaryl/α,β-unsaturated/α-hetero) is 1. The number of hydrogen-bond donors (Lipinski definition) is 1. The summed E-state index contributed by atoms with van der Waals surface area (Å²) in [5, 5.41) is 0. The molecule has 102 valence electrons. The smallest absolute Gasteiger partial charge is 0.421 e. The third-order valence-electron chi connectivity index (χ3n) is 2.75. The minimum atomic E-state index is -3.92. The summed E-state index contributed by atoms with van der Waals surface area (Å²) in [5.74, 6) is 0.0173. The molecule has 1 amide bonds. The second-order valence-electron chi connectivity index (χ2n) is 4.23. The van der Waals surface area contributed by atoms with E-state index in [0.29, 0.717) is 12.8 Å². The van der Waals surface area contributed by atoms with E-state index in [0.717, 1.165) is 0 Å². The van der Waals surface area contributed by atoms with Gasteiger partial charge < -0.3 is 4.74 Å². The van der Waals surface area contributed by atoms with Gasteiger partial charge in [0, 0.05) is 12.8 Å². The van der Waals surface area contributed by atoms with Crippen molar-refractivity contribution in [1.82, 2.24) is 4.72 Å². The van der Waals surface area contributed by atoms with Gasteiger partial charge in [-0.3, -0.25) is 4.79 Å². The zero-order chi connectivity index (χ0) is 13.9. The lowest BCUT2D eigenvalue weighted by molar-refractivity contribution is -0.117. The van der Waals surface area contributed by atoms with Gasteiger partial charge in [0.15, 0.2) is 0 Å². The van der Waals surface area contributed by atoms with Crippen molar-refractivity contribution in [2.24, 2.45) is 0 Å². The van der Waals surface area contributed by atoms with Crippen LogP contribution >= 0.6 is 0 Å². The number of nitrogens with one attached hydrogen (secondary N) is 1. The molecule has 1 saturated carbocycles. The van der Waals surface area contributed by atoms with Crippen LogP contribution in [0.15, 0.2) is 35.2 Å². The van der Waals surface area contributed by atoms with Crippen molar-refractivity contribution in [3.63, 3.8) is 0 Å². The second-order valence-corrected chi connectivity index (χ2v) is 5.91. The highest BCUT2D eigenvalue weighted by Gasteiger charge is 2.27. The molecule has 1 atom stereocenters. The summed E-state index contributed by atoms with van der Waals surface area (Å²) in [6, 6.07) is 7.51. The van der Waals surface area contributed by atoms with E-state index in [9.17, 15) is 18.0 Å². The first-order valence-electron chi connectivity index (χ1n) is 5.77. The molecule has 0 heterocycles. The van der Waals surface area contributed by atoms with Gasteiger partial charge in [0.2, 0.25) is 0 Å². The summed E-state index contributed by atoms with van der Waals surface area (Å²) >= 11 is 0. The summed E-state index contributed by atoms with van der Waals surface area (Å²) in [6.45, 7) is 0. The van der Waals surface area contributed by atoms with Gasteiger partial charge in [0.1, 0.15) is 11.9 Å². The van der Waals surface area contributed by atoms with Crippen molar-refractivity contribution in [3.05, 3.63) is 30.3 Å². The molecule has 0 bridgehead atoms. The molecular formula is C12H13NO5S. The standard InChI is InChI=1S/C12H13NO5S/c14-9-6-7-10(8-9)18-12(15)13-19(16,17)11-4-2-1-3-5-11/h1-5,10H,6-8H2,(H,13,15). The molecule has 1 aromatic rings. The lowest BCUT2D eigenvalue weighted by Gasteiger charge is -2.11. The maximum absolute atomic E-state index is 11.8. The SMILES string of the molecule is O=C1CCC(OC(=O)NS(=O)(=O)c2ccccc2)C1. The van der Waals surface area contributed by atoms with Crippen LogP contribution in [-0.4, -0.2) is 26.4 Å². The van der Waals surface area contributed by atoms with E-state index in [2.05, 4.69) is 0 Å². The number of ether oxygens (including phenoxy) is 1. The number of sulfonamides is 1. The third-order valence-corrected chi connectivity index (χ3v) is 4.07. The number of rotatable bonds is 3. The molecule has 6 nitrogen and oxygen atoms in total. The topological polar surface area (TPSA) is 89.5 Å². The Kier molecular flexibility index (Phi) is 3.84. The van der Waals surface area contributed by atoms with Crippen molar-refractivity contribution in [3.8, 4) is 0 Å². The maximum atomic E-state index is 11.8. The Bertz CT molecular complexity index is 581. The second kappa shape index (κ2) is 5.40. The van der Waals surface area contributed by atoms with Crippen LogP contribution in [0, 0.1) is 0 Å². The Morgan fingerprint density at radius 1 is 1.26 bits per heavy atom. The van der Waals surface area contributed by atoms with Gasteiger partial charge in [-0.05, 0) is 18.6 Å². The van der Waals surface area contributed by atoms with Crippen molar-refractivity contribution < 1.29 is 22.7 Å². The fraction of sp³-hybridized carbons (Fsp3) is 0.333. The lowest BCUT2D eigenvalue weighted by atomic mass is 10.3. The average molecular weight is 283 g/mol. The number of carbonyl (C=O) groups is 2. The average Bonchev–Trinajstić information content (AvgIpc) is 2.75. The van der Waals surface area contributed by atoms with E-state index >= 15 is 0 Å². The van der Waals surface area contributed by atoms with E-state index in [4.69, 9.17) is 4.74 Å². The third kappa shape index (κ3) is 3.54. The normalized spacial score (nSPS) is 19.2. The van der Waals surface area contributed by atoms with E-state index in [1.54, 1.807) is 18.2 Å². The fourth-order valence-electron chi connectivity index (χ4n) is 1.82. The Hall–Kier alpha value is -1.89. The molecule has 19 heavy (non-hydrogen) atoms. The highest BCUT2D eigenvalue weighted by molar-refractivity contribution is 7.90. The van der Waals surface area contributed by atoms with E-state index < -0.39 is 22.2 Å². The molecule has 1 N–H and O–H groups in total. The Morgan fingerprint density at radius 3 is 2.53 bits per heavy atom. The molecule has 0 aromatic heterocycles. The summed E-state index contributed by atoms with van der Waals surface area (Å²) in [5.41, 5.74) is 0. The lowest BCUT2D eigenvalue weighted by Crippen LogP contribution is -2.33. The molecule has 1 fully saturated rings. The Labute approximate surface area is 110 Å². The van der Waals surface area contributed by atoms with E-state index in [1.165, 1.54) is 12.1 Å². The molecule has 7 heteroatoms. The predicted octanol–water partition coefficient (Wildman–Crippen LogP) is 1.22. The van der Waals surface area contributed by atoms with Crippen LogP contribution in [-0.2, 0) is 19.6 Å². The van der Waals surface area contributed by atoms with Crippen molar-refractivity contribution in [2.75, 3.05) is 0 Å². The van der Waals surface area contributed by atoms with Crippen LogP contribution in [0.2, 0.25) is 0 Å². The number of amides is 1. The minimum absolute atomic E-state index is 0.0173. The van der Waals surface area contributed by atoms with Gasteiger partial charge in [-0.25, -0.2) is 17.9 Å². The molecule has 1 aromatic carbocycles. The Balaban J connectivity index is 1.97. The molecule has 1 unspecified atom stereocenters. The summed E-state index contributed by atoms with van der Waals surface area (Å²) in [6.07, 6.45) is -0.623. The molecule has 0 aliphatic heterocycles. The Morgan fingerprint density at radius 2 is 1.95 bits per heavy atom. The predicted molar refractivity (Wildman–Crippen MR) is 65.9 cm³/mol. The van der Waals surface area contributed by atoms with Gasteiger partial charge in [-0.2, -0.15) is 0 Å². The number of hydrogen-bond acceptors (Lipinski definition) is 5. The van der Waals surface area contributed by atoms with Gasteiger partial charge in [-0.15, -0.1) is 0 Å². The highest BCUT2D eigenvalue weighted by atomic mass is 32.2.